The Morgan fingerprint density at radius 3 is 2.31 bits per heavy atom. The van der Waals surface area contributed by atoms with Gasteiger partial charge in [-0.05, 0) is 26.2 Å². The van der Waals surface area contributed by atoms with Gasteiger partial charge < -0.3 is 10.2 Å². The van der Waals surface area contributed by atoms with E-state index in [1.54, 1.807) is 4.90 Å². The van der Waals surface area contributed by atoms with Crippen molar-refractivity contribution in [2.45, 2.75) is 52.6 Å². The van der Waals surface area contributed by atoms with Crippen molar-refractivity contribution in [3.63, 3.8) is 0 Å². The number of nitrogens with one attached hydrogen (secondary N) is 1. The van der Waals surface area contributed by atoms with E-state index in [0.29, 0.717) is 13.0 Å². The van der Waals surface area contributed by atoms with Gasteiger partial charge in [-0.25, -0.2) is 0 Å². The number of carbonyl (C=O) groups is 2. The molecule has 2 amide bonds. The first-order valence-corrected chi connectivity index (χ1v) is 6.00. The molecule has 16 heavy (non-hydrogen) atoms. The van der Waals surface area contributed by atoms with Crippen LogP contribution in [0.25, 0.3) is 0 Å². The molecule has 0 spiro atoms. The Kier molecular flexibility index (Phi) is 3.61. The lowest BCUT2D eigenvalue weighted by molar-refractivity contribution is -0.157. The van der Waals surface area contributed by atoms with Crippen LogP contribution in [0.2, 0.25) is 0 Å². The van der Waals surface area contributed by atoms with Gasteiger partial charge in [-0.2, -0.15) is 0 Å². The maximum absolute atomic E-state index is 12.2. The van der Waals surface area contributed by atoms with Crippen molar-refractivity contribution < 1.29 is 9.59 Å². The maximum atomic E-state index is 12.2. The molecule has 1 rings (SSSR count). The van der Waals surface area contributed by atoms with Gasteiger partial charge >= 0.3 is 0 Å². The van der Waals surface area contributed by atoms with Gasteiger partial charge in [0.05, 0.1) is 0 Å². The molecule has 1 aliphatic heterocycles. The first-order chi connectivity index (χ1) is 7.38. The molecular weight excluding hydrogens is 204 g/mol. The molecule has 2 unspecified atom stereocenters. The second-order valence-electron chi connectivity index (χ2n) is 4.91. The van der Waals surface area contributed by atoms with Gasteiger partial charge in [0.15, 0.2) is 0 Å². The van der Waals surface area contributed by atoms with E-state index in [-0.39, 0.29) is 23.8 Å². The third-order valence-electron chi connectivity index (χ3n) is 3.57. The van der Waals surface area contributed by atoms with Crippen molar-refractivity contribution in [1.82, 2.24) is 10.2 Å². The number of nitrogens with zero attached hydrogens (tertiary/aromatic N) is 1. The number of piperazine rings is 1. The van der Waals surface area contributed by atoms with Gasteiger partial charge in [0.1, 0.15) is 11.6 Å². The van der Waals surface area contributed by atoms with E-state index in [1.165, 1.54) is 0 Å². The summed E-state index contributed by atoms with van der Waals surface area (Å²) in [6.45, 7) is 10.2. The first-order valence-electron chi connectivity index (χ1n) is 6.00. The molecule has 0 aromatic heterocycles. The zero-order chi connectivity index (χ0) is 12.5. The van der Waals surface area contributed by atoms with Crippen LogP contribution in [0.5, 0.6) is 0 Å². The summed E-state index contributed by atoms with van der Waals surface area (Å²) in [6, 6.07) is -0.368. The van der Waals surface area contributed by atoms with Crippen LogP contribution in [0.15, 0.2) is 0 Å². The van der Waals surface area contributed by atoms with Crippen LogP contribution in [0, 0.1) is 5.92 Å². The third-order valence-corrected chi connectivity index (χ3v) is 3.57. The summed E-state index contributed by atoms with van der Waals surface area (Å²) in [4.78, 5) is 26.0. The topological polar surface area (TPSA) is 49.4 Å². The van der Waals surface area contributed by atoms with E-state index in [1.807, 2.05) is 34.6 Å². The molecule has 4 nitrogen and oxygen atoms in total. The predicted octanol–water partition coefficient (Wildman–Crippen LogP) is 1.16. The van der Waals surface area contributed by atoms with Crippen LogP contribution in [0.4, 0.5) is 0 Å². The van der Waals surface area contributed by atoms with Gasteiger partial charge in [0.2, 0.25) is 11.8 Å². The lowest BCUT2D eigenvalue weighted by Crippen LogP contribution is -2.70. The molecule has 92 valence electrons. The molecule has 0 saturated carbocycles. The summed E-state index contributed by atoms with van der Waals surface area (Å²) < 4.78 is 0. The minimum Gasteiger partial charge on any atom is -0.342 e. The zero-order valence-corrected chi connectivity index (χ0v) is 10.8. The number of amides is 2. The average Bonchev–Trinajstić information content (AvgIpc) is 2.23. The molecule has 1 heterocycles. The summed E-state index contributed by atoms with van der Waals surface area (Å²) in [6.07, 6.45) is 0.642. The zero-order valence-electron chi connectivity index (χ0n) is 10.8. The molecule has 0 bridgehead atoms. The standard InChI is InChI=1S/C12H22N2O2/c1-6-12(5)11(16)13-9(8(3)4)10(15)14(12)7-2/h8-9H,6-7H2,1-5H3,(H,13,16). The normalized spacial score (nSPS) is 30.9. The highest BCUT2D eigenvalue weighted by molar-refractivity contribution is 5.99. The van der Waals surface area contributed by atoms with E-state index in [2.05, 4.69) is 5.32 Å². The van der Waals surface area contributed by atoms with Crippen LogP contribution in [-0.2, 0) is 9.59 Å². The van der Waals surface area contributed by atoms with Gasteiger partial charge in [-0.15, -0.1) is 0 Å². The number of rotatable bonds is 3. The Hall–Kier alpha value is -1.06. The fourth-order valence-electron chi connectivity index (χ4n) is 2.20. The number of likely N-dealkylation sites (N-methyl/N-ethyl adjacent to an activating group) is 1. The van der Waals surface area contributed by atoms with Crippen molar-refractivity contribution in [2.24, 2.45) is 5.92 Å². The van der Waals surface area contributed by atoms with E-state index in [9.17, 15) is 9.59 Å². The minimum atomic E-state index is -0.683. The molecule has 2 atom stereocenters. The molecule has 0 aliphatic carbocycles. The second kappa shape index (κ2) is 4.44. The van der Waals surface area contributed by atoms with Crippen LogP contribution in [-0.4, -0.2) is 34.8 Å². The summed E-state index contributed by atoms with van der Waals surface area (Å²) >= 11 is 0. The summed E-state index contributed by atoms with van der Waals surface area (Å²) in [5, 5.41) is 2.84. The average molecular weight is 226 g/mol. The van der Waals surface area contributed by atoms with Crippen molar-refractivity contribution in [1.29, 1.82) is 0 Å². The largest absolute Gasteiger partial charge is 0.342 e. The smallest absolute Gasteiger partial charge is 0.246 e. The highest BCUT2D eigenvalue weighted by Crippen LogP contribution is 2.26. The number of carbonyl (C=O) groups excluding carboxylic acids is 2. The lowest BCUT2D eigenvalue weighted by Gasteiger charge is -2.46. The molecule has 1 N–H and O–H groups in total. The Labute approximate surface area is 97.4 Å². The maximum Gasteiger partial charge on any atom is 0.246 e. The number of hydrogen-bond acceptors (Lipinski definition) is 2. The van der Waals surface area contributed by atoms with E-state index >= 15 is 0 Å². The third kappa shape index (κ3) is 1.81. The van der Waals surface area contributed by atoms with Gasteiger partial charge in [-0.1, -0.05) is 20.8 Å². The SMILES string of the molecule is CCN1C(=O)C(C(C)C)NC(=O)C1(C)CC. The Bertz CT molecular complexity index is 301. The fraction of sp³-hybridized carbons (Fsp3) is 0.833. The van der Waals surface area contributed by atoms with Gasteiger partial charge in [0, 0.05) is 6.54 Å². The molecule has 0 aromatic rings. The number of hydrogen-bond donors (Lipinski definition) is 1. The molecule has 0 aromatic carbocycles. The molecule has 1 fully saturated rings. The van der Waals surface area contributed by atoms with Crippen molar-refractivity contribution in [3.05, 3.63) is 0 Å². The quantitative estimate of drug-likeness (QED) is 0.785. The van der Waals surface area contributed by atoms with Crippen LogP contribution in [0.3, 0.4) is 0 Å². The highest BCUT2D eigenvalue weighted by atomic mass is 16.2. The monoisotopic (exact) mass is 226 g/mol. The molecule has 1 aliphatic rings. The van der Waals surface area contributed by atoms with E-state index < -0.39 is 5.54 Å². The van der Waals surface area contributed by atoms with Gasteiger partial charge in [-0.3, -0.25) is 9.59 Å². The van der Waals surface area contributed by atoms with Gasteiger partial charge in [0.25, 0.3) is 0 Å². The Morgan fingerprint density at radius 1 is 1.38 bits per heavy atom. The summed E-state index contributed by atoms with van der Waals surface area (Å²) in [7, 11) is 0. The first kappa shape index (κ1) is 13.0. The Morgan fingerprint density at radius 2 is 1.94 bits per heavy atom. The van der Waals surface area contributed by atoms with Crippen molar-refractivity contribution >= 4 is 11.8 Å². The van der Waals surface area contributed by atoms with Crippen molar-refractivity contribution in [2.75, 3.05) is 6.54 Å². The van der Waals surface area contributed by atoms with E-state index in [4.69, 9.17) is 0 Å². The van der Waals surface area contributed by atoms with Crippen LogP contribution >= 0.6 is 0 Å². The van der Waals surface area contributed by atoms with E-state index in [0.717, 1.165) is 0 Å². The van der Waals surface area contributed by atoms with Crippen molar-refractivity contribution in [3.8, 4) is 0 Å². The molecule has 4 heteroatoms. The molecular formula is C12H22N2O2. The predicted molar refractivity (Wildman–Crippen MR) is 62.9 cm³/mol. The fourth-order valence-corrected chi connectivity index (χ4v) is 2.20. The second-order valence-corrected chi connectivity index (χ2v) is 4.91. The Balaban J connectivity index is 3.06. The summed E-state index contributed by atoms with van der Waals surface area (Å²) in [5.41, 5.74) is -0.683. The highest BCUT2D eigenvalue weighted by Gasteiger charge is 2.48. The lowest BCUT2D eigenvalue weighted by atomic mass is 9.88. The summed E-state index contributed by atoms with van der Waals surface area (Å²) in [5.74, 6) is 0.142. The molecule has 0 radical (unpaired) electrons. The van der Waals surface area contributed by atoms with Crippen LogP contribution in [0.1, 0.15) is 41.0 Å². The minimum absolute atomic E-state index is 0.0323. The molecule has 1 saturated heterocycles. The van der Waals surface area contributed by atoms with Crippen LogP contribution < -0.4 is 5.32 Å².